The summed E-state index contributed by atoms with van der Waals surface area (Å²) in [5, 5.41) is 2.58. The van der Waals surface area contributed by atoms with E-state index >= 15 is 0 Å². The highest BCUT2D eigenvalue weighted by molar-refractivity contribution is 7.25. The molecule has 1 nitrogen and oxygen atoms in total. The fourth-order valence-corrected chi connectivity index (χ4v) is 10.9. The number of benzene rings is 8. The van der Waals surface area contributed by atoms with Crippen molar-refractivity contribution < 1.29 is 0 Å². The van der Waals surface area contributed by atoms with Gasteiger partial charge in [-0.3, -0.25) is 0 Å². The fraction of sp³-hybridized carbons (Fsp3) is 0.0769. The van der Waals surface area contributed by atoms with Crippen molar-refractivity contribution in [1.29, 1.82) is 0 Å². The van der Waals surface area contributed by atoms with Gasteiger partial charge in [0.1, 0.15) is 0 Å². The van der Waals surface area contributed by atoms with Crippen LogP contribution in [0.1, 0.15) is 47.2 Å². The molecule has 0 atom stereocenters. The first-order valence-corrected chi connectivity index (χ1v) is 19.7. The van der Waals surface area contributed by atoms with Crippen molar-refractivity contribution in [3.8, 4) is 22.3 Å². The van der Waals surface area contributed by atoms with E-state index in [1.807, 2.05) is 11.3 Å². The second-order valence-corrected chi connectivity index (χ2v) is 16.3. The van der Waals surface area contributed by atoms with Crippen molar-refractivity contribution in [1.82, 2.24) is 0 Å². The van der Waals surface area contributed by atoms with E-state index in [1.165, 1.54) is 81.5 Å². The van der Waals surface area contributed by atoms with E-state index in [1.54, 1.807) is 0 Å². The topological polar surface area (TPSA) is 3.24 Å². The molecule has 0 unspecified atom stereocenters. The molecule has 2 heteroatoms. The van der Waals surface area contributed by atoms with Crippen molar-refractivity contribution in [2.75, 3.05) is 4.90 Å². The Bertz CT molecular complexity index is 2870. The van der Waals surface area contributed by atoms with Crippen LogP contribution in [-0.2, 0) is 10.8 Å². The second-order valence-electron chi connectivity index (χ2n) is 15.2. The molecule has 1 aromatic heterocycles. The summed E-state index contributed by atoms with van der Waals surface area (Å²) in [5.41, 5.74) is 16.4. The number of hydrogen-bond acceptors (Lipinski definition) is 2. The Morgan fingerprint density at radius 2 is 1.02 bits per heavy atom. The molecule has 0 aliphatic heterocycles. The Morgan fingerprint density at radius 3 is 1.74 bits per heavy atom. The fourth-order valence-electron chi connectivity index (χ4n) is 9.78. The summed E-state index contributed by atoms with van der Waals surface area (Å²) in [6.07, 6.45) is 0. The molecule has 0 radical (unpaired) electrons. The summed E-state index contributed by atoms with van der Waals surface area (Å²) < 4.78 is 2.60. The molecule has 0 amide bonds. The third-order valence-electron chi connectivity index (χ3n) is 12.1. The molecule has 0 bridgehead atoms. The van der Waals surface area contributed by atoms with Gasteiger partial charge in [-0.2, -0.15) is 0 Å². The Hall–Kier alpha value is -6.22. The van der Waals surface area contributed by atoms with Gasteiger partial charge in [0.25, 0.3) is 0 Å². The smallest absolute Gasteiger partial charge is 0.0714 e. The number of fused-ring (bicyclic) bond motifs is 9. The summed E-state index contributed by atoms with van der Waals surface area (Å²) in [5.74, 6) is 0. The van der Waals surface area contributed by atoms with Gasteiger partial charge in [0.05, 0.1) is 11.1 Å². The van der Waals surface area contributed by atoms with E-state index in [0.29, 0.717) is 0 Å². The first kappa shape index (κ1) is 31.3. The lowest BCUT2D eigenvalue weighted by atomic mass is 9.67. The summed E-state index contributed by atoms with van der Waals surface area (Å²) >= 11 is 1.90. The van der Waals surface area contributed by atoms with E-state index < -0.39 is 5.41 Å². The standard InChI is InChI=1S/C52H37NS/c1-51(2)43-23-12-11-22-41(43)50-46(51)26-15-27-47(50)53(36-18-7-4-8-19-36)37-29-31-48-42(33-37)40-30-28-35(32-49(40)54-48)52(34-16-5-3-6-17-34)44-24-13-9-20-38(44)39-21-10-14-25-45(39)52/h3-33H,1-2H3. The van der Waals surface area contributed by atoms with Gasteiger partial charge >= 0.3 is 0 Å². The third-order valence-corrected chi connectivity index (χ3v) is 13.3. The normalized spacial score (nSPS) is 14.4. The predicted octanol–water partition coefficient (Wildman–Crippen LogP) is 14.2. The molecule has 11 rings (SSSR count). The van der Waals surface area contributed by atoms with Gasteiger partial charge in [0.2, 0.25) is 0 Å². The van der Waals surface area contributed by atoms with Crippen LogP contribution in [0.4, 0.5) is 17.1 Å². The predicted molar refractivity (Wildman–Crippen MR) is 229 cm³/mol. The molecule has 54 heavy (non-hydrogen) atoms. The van der Waals surface area contributed by atoms with E-state index in [-0.39, 0.29) is 5.41 Å². The van der Waals surface area contributed by atoms with Crippen LogP contribution in [0.15, 0.2) is 188 Å². The molecule has 8 aromatic carbocycles. The van der Waals surface area contributed by atoms with Gasteiger partial charge in [-0.1, -0.05) is 159 Å². The van der Waals surface area contributed by atoms with Crippen LogP contribution in [-0.4, -0.2) is 0 Å². The van der Waals surface area contributed by atoms with Crippen LogP contribution in [0.3, 0.4) is 0 Å². The lowest BCUT2D eigenvalue weighted by Gasteiger charge is -2.33. The van der Waals surface area contributed by atoms with Crippen LogP contribution in [0.25, 0.3) is 42.4 Å². The molecule has 9 aromatic rings. The van der Waals surface area contributed by atoms with Crippen LogP contribution < -0.4 is 4.90 Å². The van der Waals surface area contributed by atoms with Crippen molar-refractivity contribution in [2.24, 2.45) is 0 Å². The number of thiophene rings is 1. The number of rotatable bonds is 5. The Morgan fingerprint density at radius 1 is 0.407 bits per heavy atom. The van der Waals surface area contributed by atoms with Crippen molar-refractivity contribution in [2.45, 2.75) is 24.7 Å². The summed E-state index contributed by atoms with van der Waals surface area (Å²) in [6.45, 7) is 4.72. The zero-order valence-electron chi connectivity index (χ0n) is 30.3. The Labute approximate surface area is 320 Å². The van der Waals surface area contributed by atoms with Crippen molar-refractivity contribution in [3.05, 3.63) is 221 Å². The zero-order valence-corrected chi connectivity index (χ0v) is 31.1. The Balaban J connectivity index is 1.12. The van der Waals surface area contributed by atoms with Gasteiger partial charge in [0, 0.05) is 42.5 Å². The van der Waals surface area contributed by atoms with Crippen molar-refractivity contribution >= 4 is 48.6 Å². The zero-order chi connectivity index (χ0) is 36.0. The summed E-state index contributed by atoms with van der Waals surface area (Å²) in [4.78, 5) is 2.46. The molecule has 2 aliphatic carbocycles. The monoisotopic (exact) mass is 707 g/mol. The highest BCUT2D eigenvalue weighted by atomic mass is 32.1. The average Bonchev–Trinajstić information content (AvgIpc) is 3.82. The largest absolute Gasteiger partial charge is 0.310 e. The van der Waals surface area contributed by atoms with Crippen molar-refractivity contribution in [3.63, 3.8) is 0 Å². The highest BCUT2D eigenvalue weighted by Crippen LogP contribution is 2.57. The van der Waals surface area contributed by atoms with Crippen LogP contribution in [0.5, 0.6) is 0 Å². The molecule has 0 saturated carbocycles. The van der Waals surface area contributed by atoms with Gasteiger partial charge in [-0.15, -0.1) is 11.3 Å². The van der Waals surface area contributed by atoms with E-state index in [2.05, 4.69) is 207 Å². The minimum absolute atomic E-state index is 0.0764. The van der Waals surface area contributed by atoms with E-state index in [0.717, 1.165) is 11.4 Å². The second kappa shape index (κ2) is 11.6. The molecule has 256 valence electrons. The molecule has 0 N–H and O–H groups in total. The van der Waals surface area contributed by atoms with Gasteiger partial charge < -0.3 is 4.90 Å². The average molecular weight is 708 g/mol. The maximum Gasteiger partial charge on any atom is 0.0714 e. The van der Waals surface area contributed by atoms with Gasteiger partial charge in [0.15, 0.2) is 0 Å². The molecular formula is C52H37NS. The molecule has 1 heterocycles. The molecule has 0 spiro atoms. The summed E-state index contributed by atoms with van der Waals surface area (Å²) in [6, 6.07) is 70.0. The number of anilines is 3. The first-order valence-electron chi connectivity index (χ1n) is 18.9. The maximum absolute atomic E-state index is 2.48. The van der Waals surface area contributed by atoms with Gasteiger partial charge in [-0.05, 0) is 92.5 Å². The molecular weight excluding hydrogens is 671 g/mol. The molecule has 0 fully saturated rings. The lowest BCUT2D eigenvalue weighted by Crippen LogP contribution is -2.28. The first-order chi connectivity index (χ1) is 26.5. The highest BCUT2D eigenvalue weighted by Gasteiger charge is 2.46. The maximum atomic E-state index is 2.48. The lowest BCUT2D eigenvalue weighted by molar-refractivity contribution is 0.660. The quantitative estimate of drug-likeness (QED) is 0.172. The number of para-hydroxylation sites is 1. The van der Waals surface area contributed by atoms with Crippen LogP contribution in [0, 0.1) is 0 Å². The minimum atomic E-state index is -0.411. The minimum Gasteiger partial charge on any atom is -0.310 e. The van der Waals surface area contributed by atoms with Crippen LogP contribution >= 0.6 is 11.3 Å². The molecule has 2 aliphatic rings. The SMILES string of the molecule is CC1(C)c2ccccc2-c2c(N(c3ccccc3)c3ccc4sc5cc(C6(c7ccccc7)c7ccccc7-c7ccccc76)ccc5c4c3)cccc21. The summed E-state index contributed by atoms with van der Waals surface area (Å²) in [7, 11) is 0. The van der Waals surface area contributed by atoms with Gasteiger partial charge in [-0.25, -0.2) is 0 Å². The number of nitrogens with zero attached hydrogens (tertiary/aromatic N) is 1. The van der Waals surface area contributed by atoms with E-state index in [4.69, 9.17) is 0 Å². The molecule has 0 saturated heterocycles. The van der Waals surface area contributed by atoms with E-state index in [9.17, 15) is 0 Å². The van der Waals surface area contributed by atoms with Crippen LogP contribution in [0.2, 0.25) is 0 Å². The third kappa shape index (κ3) is 4.26. The number of hydrogen-bond donors (Lipinski definition) is 0. The Kier molecular flexibility index (Phi) is 6.75.